The van der Waals surface area contributed by atoms with Gasteiger partial charge in [-0.1, -0.05) is 6.08 Å². The lowest BCUT2D eigenvalue weighted by atomic mass is 9.89. The number of nitrogens with two attached hydrogens (primary N) is 1. The Kier molecular flexibility index (Phi) is 2.37. The van der Waals surface area contributed by atoms with Gasteiger partial charge < -0.3 is 11.2 Å². The summed E-state index contributed by atoms with van der Waals surface area (Å²) in [5.41, 5.74) is 10.3. The summed E-state index contributed by atoms with van der Waals surface area (Å²) in [4.78, 5) is 24.8. The number of ketones is 1. The predicted molar refractivity (Wildman–Crippen MR) is 68.8 cm³/mol. The molecular weight excluding hydrogens is 300 g/mol. The second kappa shape index (κ2) is 3.81. The van der Waals surface area contributed by atoms with Crippen molar-refractivity contribution in [3.63, 3.8) is 0 Å². The van der Waals surface area contributed by atoms with Gasteiger partial charge in [0.1, 0.15) is 0 Å². The number of hydrogen-bond donors (Lipinski definition) is 2. The molecule has 0 radical (unpaired) electrons. The third kappa shape index (κ3) is 1.37. The lowest BCUT2D eigenvalue weighted by molar-refractivity contribution is -0.111. The molecule has 0 bridgehead atoms. The van der Waals surface area contributed by atoms with Crippen LogP contribution in [0.15, 0.2) is 38.6 Å². The Morgan fingerprint density at radius 1 is 1.61 bits per heavy atom. The van der Waals surface area contributed by atoms with E-state index >= 15 is 0 Å². The van der Waals surface area contributed by atoms with Crippen molar-refractivity contribution < 1.29 is 9.59 Å². The number of nitrogens with zero attached hydrogens (tertiary/aromatic N) is 2. The van der Waals surface area contributed by atoms with E-state index in [9.17, 15) is 9.59 Å². The van der Waals surface area contributed by atoms with Crippen LogP contribution in [0.3, 0.4) is 0 Å². The average Bonchev–Trinajstić information content (AvgIpc) is 2.50. The van der Waals surface area contributed by atoms with E-state index in [-0.39, 0.29) is 11.8 Å². The zero-order valence-corrected chi connectivity index (χ0v) is 10.8. The number of primary amides is 1. The number of hydrazone groups is 1. The number of nitrogens with one attached hydrogen (secondary N) is 1. The van der Waals surface area contributed by atoms with Crippen LogP contribution in [0, 0.1) is 0 Å². The van der Waals surface area contributed by atoms with Crippen molar-refractivity contribution in [2.75, 3.05) is 6.54 Å². The highest BCUT2D eigenvalue weighted by molar-refractivity contribution is 9.11. The molecule has 3 rings (SSSR count). The van der Waals surface area contributed by atoms with Crippen molar-refractivity contribution in [3.8, 4) is 0 Å². The molecular formula is C11H9BrN4O2. The average molecular weight is 309 g/mol. The van der Waals surface area contributed by atoms with Crippen LogP contribution in [0.5, 0.6) is 0 Å². The maximum atomic E-state index is 11.9. The van der Waals surface area contributed by atoms with Crippen LogP contribution in [-0.2, 0) is 4.79 Å². The van der Waals surface area contributed by atoms with Crippen LogP contribution in [0.4, 0.5) is 4.79 Å². The number of urea groups is 1. The summed E-state index contributed by atoms with van der Waals surface area (Å²) in [6.45, 7) is 0.349. The van der Waals surface area contributed by atoms with E-state index in [1.807, 2.05) is 0 Å². The molecule has 0 saturated carbocycles. The first kappa shape index (κ1) is 11.2. The van der Waals surface area contributed by atoms with Gasteiger partial charge in [0.15, 0.2) is 5.78 Å². The quantitative estimate of drug-likeness (QED) is 0.634. The molecule has 0 spiro atoms. The standard InChI is InChI=1S/C11H9BrN4O2/c12-10-6-4-15-14-3-5-8(17)2-1-7(9(5)6)16(10)11(13)18/h1-2,4,7,14H,3H2,(H2,13,18). The molecule has 0 aromatic heterocycles. The number of carbonyl (C=O) groups is 2. The van der Waals surface area contributed by atoms with Gasteiger partial charge in [0, 0.05) is 11.1 Å². The summed E-state index contributed by atoms with van der Waals surface area (Å²) in [5.74, 6) is -0.0663. The number of rotatable bonds is 0. The molecule has 2 heterocycles. The summed E-state index contributed by atoms with van der Waals surface area (Å²) in [6.07, 6.45) is 4.74. The maximum Gasteiger partial charge on any atom is 0.320 e. The summed E-state index contributed by atoms with van der Waals surface area (Å²) in [5, 5.41) is 3.99. The fraction of sp³-hybridized carbons (Fsp3) is 0.182. The van der Waals surface area contributed by atoms with Gasteiger partial charge in [0.25, 0.3) is 0 Å². The second-order valence-electron chi connectivity index (χ2n) is 4.07. The molecule has 0 saturated heterocycles. The zero-order valence-electron chi connectivity index (χ0n) is 9.18. The molecule has 3 N–H and O–H groups in total. The van der Waals surface area contributed by atoms with Crippen molar-refractivity contribution in [2.24, 2.45) is 10.8 Å². The van der Waals surface area contributed by atoms with Crippen molar-refractivity contribution in [1.29, 1.82) is 0 Å². The van der Waals surface area contributed by atoms with E-state index in [0.29, 0.717) is 16.7 Å². The molecule has 0 aromatic carbocycles. The first-order valence-electron chi connectivity index (χ1n) is 5.31. The topological polar surface area (TPSA) is 87.8 Å². The molecule has 6 nitrogen and oxygen atoms in total. The monoisotopic (exact) mass is 308 g/mol. The first-order chi connectivity index (χ1) is 8.61. The summed E-state index contributed by atoms with van der Waals surface area (Å²) >= 11 is 3.34. The number of hydrogen-bond acceptors (Lipinski definition) is 4. The molecule has 1 atom stereocenters. The minimum Gasteiger partial charge on any atom is -0.351 e. The lowest BCUT2D eigenvalue weighted by Crippen LogP contribution is -2.40. The molecule has 0 fully saturated rings. The van der Waals surface area contributed by atoms with Crippen molar-refractivity contribution in [3.05, 3.63) is 33.5 Å². The minimum atomic E-state index is -0.570. The maximum absolute atomic E-state index is 11.9. The van der Waals surface area contributed by atoms with Crippen LogP contribution in [0.1, 0.15) is 0 Å². The van der Waals surface area contributed by atoms with E-state index in [4.69, 9.17) is 5.73 Å². The zero-order chi connectivity index (χ0) is 12.9. The summed E-state index contributed by atoms with van der Waals surface area (Å²) in [6, 6.07) is -0.898. The van der Waals surface area contributed by atoms with Crippen molar-refractivity contribution >= 4 is 34.0 Å². The fourth-order valence-electron chi connectivity index (χ4n) is 2.36. The van der Waals surface area contributed by atoms with Gasteiger partial charge in [0.05, 0.1) is 23.4 Å². The van der Waals surface area contributed by atoms with Crippen molar-refractivity contribution in [1.82, 2.24) is 10.3 Å². The van der Waals surface area contributed by atoms with Crippen LogP contribution in [0.2, 0.25) is 0 Å². The highest BCUT2D eigenvalue weighted by Gasteiger charge is 2.41. The van der Waals surface area contributed by atoms with E-state index in [1.54, 1.807) is 12.3 Å². The normalized spacial score (nSPS) is 25.3. The van der Waals surface area contributed by atoms with E-state index in [2.05, 4.69) is 26.5 Å². The van der Waals surface area contributed by atoms with Crippen molar-refractivity contribution in [2.45, 2.75) is 6.04 Å². The van der Waals surface area contributed by atoms with Gasteiger partial charge in [-0.05, 0) is 27.6 Å². The van der Waals surface area contributed by atoms with Crippen LogP contribution in [0.25, 0.3) is 0 Å². The molecule has 0 aromatic rings. The Bertz CT molecular complexity index is 588. The molecule has 1 unspecified atom stereocenters. The van der Waals surface area contributed by atoms with Gasteiger partial charge in [-0.2, -0.15) is 5.10 Å². The minimum absolute atomic E-state index is 0.0663. The molecule has 2 amide bonds. The molecule has 1 aliphatic carbocycles. The van der Waals surface area contributed by atoms with Gasteiger partial charge in [0.2, 0.25) is 0 Å². The van der Waals surface area contributed by atoms with Crippen LogP contribution >= 0.6 is 15.9 Å². The first-order valence-corrected chi connectivity index (χ1v) is 6.11. The predicted octanol–water partition coefficient (Wildman–Crippen LogP) is 0.380. The van der Waals surface area contributed by atoms with Gasteiger partial charge >= 0.3 is 6.03 Å². The highest BCUT2D eigenvalue weighted by Crippen LogP contribution is 2.40. The molecule has 7 heteroatoms. The molecule has 92 valence electrons. The molecule has 2 aliphatic heterocycles. The third-order valence-corrected chi connectivity index (χ3v) is 3.94. The van der Waals surface area contributed by atoms with Gasteiger partial charge in [-0.15, -0.1) is 0 Å². The van der Waals surface area contributed by atoms with Crippen LogP contribution < -0.4 is 11.2 Å². The SMILES string of the molecule is NC(=O)N1C(Br)=C2C=NNCC3=C2C1C=CC3=O. The van der Waals surface area contributed by atoms with E-state index in [1.165, 1.54) is 11.0 Å². The Morgan fingerprint density at radius 3 is 3.11 bits per heavy atom. The van der Waals surface area contributed by atoms with E-state index in [0.717, 1.165) is 11.1 Å². The summed E-state index contributed by atoms with van der Waals surface area (Å²) < 4.78 is 0.541. The Hall–Kier alpha value is -1.89. The Balaban J connectivity index is 2.24. The number of amides is 2. The van der Waals surface area contributed by atoms with Gasteiger partial charge in [-0.3, -0.25) is 9.69 Å². The largest absolute Gasteiger partial charge is 0.351 e. The fourth-order valence-corrected chi connectivity index (χ4v) is 3.07. The molecule has 3 aliphatic rings. The smallest absolute Gasteiger partial charge is 0.320 e. The third-order valence-electron chi connectivity index (χ3n) is 3.13. The number of carbonyl (C=O) groups excluding carboxylic acids is 2. The second-order valence-corrected chi connectivity index (χ2v) is 4.82. The Labute approximate surface area is 111 Å². The van der Waals surface area contributed by atoms with Crippen LogP contribution in [-0.4, -0.2) is 35.5 Å². The Morgan fingerprint density at radius 2 is 2.39 bits per heavy atom. The number of allylic oxidation sites excluding steroid dienone is 1. The summed E-state index contributed by atoms with van der Waals surface area (Å²) in [7, 11) is 0. The number of halogens is 1. The lowest BCUT2D eigenvalue weighted by Gasteiger charge is -2.24. The van der Waals surface area contributed by atoms with E-state index < -0.39 is 6.03 Å². The highest BCUT2D eigenvalue weighted by atomic mass is 79.9. The van der Waals surface area contributed by atoms with Gasteiger partial charge in [-0.25, -0.2) is 4.79 Å². The molecule has 18 heavy (non-hydrogen) atoms.